The van der Waals surface area contributed by atoms with Gasteiger partial charge in [0, 0.05) is 28.1 Å². The van der Waals surface area contributed by atoms with Gasteiger partial charge in [0.05, 0.1) is 0 Å². The maximum Gasteiger partial charge on any atom is 0.0485 e. The van der Waals surface area contributed by atoms with Crippen molar-refractivity contribution >= 4 is 27.5 Å². The lowest BCUT2D eigenvalue weighted by molar-refractivity contribution is 0.113. The van der Waals surface area contributed by atoms with Gasteiger partial charge in [0.1, 0.15) is 0 Å². The molecule has 0 aromatic heterocycles. The molecule has 1 saturated carbocycles. The van der Waals surface area contributed by atoms with Crippen LogP contribution in [0.4, 0.5) is 0 Å². The summed E-state index contributed by atoms with van der Waals surface area (Å²) >= 11 is 9.77. The van der Waals surface area contributed by atoms with E-state index in [9.17, 15) is 0 Å². The number of nitrogens with zero attached hydrogens (tertiary/aromatic N) is 1. The first-order valence-corrected chi connectivity index (χ1v) is 7.17. The second-order valence-electron chi connectivity index (χ2n) is 4.67. The lowest BCUT2D eigenvalue weighted by Crippen LogP contribution is -2.42. The van der Waals surface area contributed by atoms with E-state index in [-0.39, 0.29) is 6.04 Å². The molecule has 1 atom stereocenters. The van der Waals surface area contributed by atoms with Gasteiger partial charge in [-0.25, -0.2) is 0 Å². The lowest BCUT2D eigenvalue weighted by Gasteiger charge is -2.40. The second-order valence-corrected chi connectivity index (χ2v) is 5.99. The number of likely N-dealkylation sites (N-methyl/N-ethyl adjacent to an activating group) is 1. The second kappa shape index (κ2) is 5.70. The predicted molar refractivity (Wildman–Crippen MR) is 76.3 cm³/mol. The van der Waals surface area contributed by atoms with Gasteiger partial charge in [0.2, 0.25) is 0 Å². The smallest absolute Gasteiger partial charge is 0.0485 e. The molecule has 1 aromatic carbocycles. The molecule has 2 N–H and O–H groups in total. The van der Waals surface area contributed by atoms with Crippen molar-refractivity contribution in [3.63, 3.8) is 0 Å². The number of hydrogen-bond donors (Lipinski definition) is 1. The van der Waals surface area contributed by atoms with Gasteiger partial charge >= 0.3 is 0 Å². The molecule has 0 aliphatic heterocycles. The highest BCUT2D eigenvalue weighted by molar-refractivity contribution is 9.10. The molecule has 0 saturated heterocycles. The molecule has 0 spiro atoms. The molecule has 17 heavy (non-hydrogen) atoms. The fraction of sp³-hybridized carbons (Fsp3) is 0.538. The Morgan fingerprint density at radius 3 is 2.76 bits per heavy atom. The van der Waals surface area contributed by atoms with Gasteiger partial charge in [0.15, 0.2) is 0 Å². The fourth-order valence-electron chi connectivity index (χ4n) is 2.33. The maximum atomic E-state index is 6.28. The van der Waals surface area contributed by atoms with Gasteiger partial charge < -0.3 is 5.73 Å². The highest BCUT2D eigenvalue weighted by Gasteiger charge is 2.28. The van der Waals surface area contributed by atoms with Crippen LogP contribution in [0.1, 0.15) is 30.9 Å². The van der Waals surface area contributed by atoms with Crippen LogP contribution in [0.2, 0.25) is 5.02 Å². The third kappa shape index (κ3) is 2.84. The zero-order valence-corrected chi connectivity index (χ0v) is 12.3. The van der Waals surface area contributed by atoms with E-state index < -0.39 is 0 Å². The van der Waals surface area contributed by atoms with Crippen molar-refractivity contribution in [3.8, 4) is 0 Å². The number of nitrogens with two attached hydrogens (primary N) is 1. The van der Waals surface area contributed by atoms with E-state index in [1.54, 1.807) is 0 Å². The Hall–Kier alpha value is -0.0900. The Morgan fingerprint density at radius 1 is 1.53 bits per heavy atom. The summed E-state index contributed by atoms with van der Waals surface area (Å²) in [6, 6.07) is 6.85. The maximum absolute atomic E-state index is 6.28. The molecule has 1 aromatic rings. The van der Waals surface area contributed by atoms with Crippen molar-refractivity contribution in [1.29, 1.82) is 0 Å². The van der Waals surface area contributed by atoms with Crippen molar-refractivity contribution < 1.29 is 0 Å². The third-order valence-electron chi connectivity index (χ3n) is 3.68. The standard InChI is InChI=1S/C13H18BrClN2/c1-17(10-3-2-4-10)13(8-16)11-7-9(14)5-6-12(11)15/h5-7,10,13H,2-4,8,16H2,1H3. The van der Waals surface area contributed by atoms with E-state index in [1.807, 2.05) is 12.1 Å². The first-order chi connectivity index (χ1) is 8.13. The molecular weight excluding hydrogens is 300 g/mol. The lowest BCUT2D eigenvalue weighted by atomic mass is 9.89. The summed E-state index contributed by atoms with van der Waals surface area (Å²) in [7, 11) is 2.15. The van der Waals surface area contributed by atoms with Gasteiger partial charge in [-0.05, 0) is 43.7 Å². The summed E-state index contributed by atoms with van der Waals surface area (Å²) < 4.78 is 1.05. The molecule has 1 aliphatic carbocycles. The first kappa shape index (κ1) is 13.3. The van der Waals surface area contributed by atoms with Crippen LogP contribution < -0.4 is 5.73 Å². The Labute approximate surface area is 116 Å². The van der Waals surface area contributed by atoms with Crippen LogP contribution in [0, 0.1) is 0 Å². The quantitative estimate of drug-likeness (QED) is 0.919. The van der Waals surface area contributed by atoms with Crippen LogP contribution in [-0.4, -0.2) is 24.5 Å². The normalized spacial score (nSPS) is 18.2. The molecule has 2 rings (SSSR count). The van der Waals surface area contributed by atoms with Crippen molar-refractivity contribution in [2.45, 2.75) is 31.3 Å². The Kier molecular flexibility index (Phi) is 4.47. The number of halogens is 2. The number of hydrogen-bond acceptors (Lipinski definition) is 2. The monoisotopic (exact) mass is 316 g/mol. The molecule has 1 fully saturated rings. The van der Waals surface area contributed by atoms with Gasteiger partial charge in [-0.1, -0.05) is 34.0 Å². The Morgan fingerprint density at radius 2 is 2.24 bits per heavy atom. The van der Waals surface area contributed by atoms with Gasteiger partial charge in [-0.3, -0.25) is 4.90 Å². The van der Waals surface area contributed by atoms with E-state index in [1.165, 1.54) is 19.3 Å². The van der Waals surface area contributed by atoms with Crippen LogP contribution >= 0.6 is 27.5 Å². The minimum Gasteiger partial charge on any atom is -0.329 e. The van der Waals surface area contributed by atoms with Crippen molar-refractivity contribution in [1.82, 2.24) is 4.90 Å². The molecule has 1 aliphatic rings. The molecule has 4 heteroatoms. The van der Waals surface area contributed by atoms with Crippen LogP contribution in [0.15, 0.2) is 22.7 Å². The highest BCUT2D eigenvalue weighted by atomic mass is 79.9. The average molecular weight is 318 g/mol. The van der Waals surface area contributed by atoms with Crippen LogP contribution in [0.5, 0.6) is 0 Å². The van der Waals surface area contributed by atoms with E-state index >= 15 is 0 Å². The molecule has 94 valence electrons. The predicted octanol–water partition coefficient (Wildman–Crippen LogP) is 3.59. The minimum atomic E-state index is 0.213. The average Bonchev–Trinajstić information content (AvgIpc) is 2.22. The van der Waals surface area contributed by atoms with Crippen molar-refractivity contribution in [2.24, 2.45) is 5.73 Å². The molecule has 0 amide bonds. The minimum absolute atomic E-state index is 0.213. The molecule has 0 radical (unpaired) electrons. The number of rotatable bonds is 4. The topological polar surface area (TPSA) is 29.3 Å². The van der Waals surface area contributed by atoms with E-state index in [4.69, 9.17) is 17.3 Å². The zero-order valence-electron chi connectivity index (χ0n) is 10.00. The first-order valence-electron chi connectivity index (χ1n) is 6.00. The largest absolute Gasteiger partial charge is 0.329 e. The van der Waals surface area contributed by atoms with Crippen LogP contribution in [0.25, 0.3) is 0 Å². The SMILES string of the molecule is CN(C1CCC1)C(CN)c1cc(Br)ccc1Cl. The summed E-state index contributed by atoms with van der Waals surface area (Å²) in [6.07, 6.45) is 3.88. The molecule has 2 nitrogen and oxygen atoms in total. The summed E-state index contributed by atoms with van der Waals surface area (Å²) in [5, 5.41) is 0.801. The Bertz CT molecular complexity index is 393. The summed E-state index contributed by atoms with van der Waals surface area (Å²) in [6.45, 7) is 0.600. The van der Waals surface area contributed by atoms with Crippen LogP contribution in [0.3, 0.4) is 0 Å². The molecule has 0 heterocycles. The summed E-state index contributed by atoms with van der Waals surface area (Å²) in [5.74, 6) is 0. The van der Waals surface area contributed by atoms with Crippen LogP contribution in [-0.2, 0) is 0 Å². The van der Waals surface area contributed by atoms with Gasteiger partial charge in [0.25, 0.3) is 0 Å². The van der Waals surface area contributed by atoms with Crippen molar-refractivity contribution in [2.75, 3.05) is 13.6 Å². The zero-order chi connectivity index (χ0) is 12.4. The highest BCUT2D eigenvalue weighted by Crippen LogP contribution is 2.34. The molecule has 1 unspecified atom stereocenters. The summed E-state index contributed by atoms with van der Waals surface area (Å²) in [4.78, 5) is 2.37. The summed E-state index contributed by atoms with van der Waals surface area (Å²) in [5.41, 5.74) is 7.05. The fourth-order valence-corrected chi connectivity index (χ4v) is 2.95. The third-order valence-corrected chi connectivity index (χ3v) is 4.52. The number of benzene rings is 1. The molecule has 0 bridgehead atoms. The molecular formula is C13H18BrClN2. The van der Waals surface area contributed by atoms with E-state index in [0.29, 0.717) is 12.6 Å². The van der Waals surface area contributed by atoms with E-state index in [2.05, 4.69) is 33.9 Å². The van der Waals surface area contributed by atoms with Gasteiger partial charge in [-0.15, -0.1) is 0 Å². The van der Waals surface area contributed by atoms with E-state index in [0.717, 1.165) is 15.1 Å². The Balaban J connectivity index is 2.24. The van der Waals surface area contributed by atoms with Crippen molar-refractivity contribution in [3.05, 3.63) is 33.3 Å². The van der Waals surface area contributed by atoms with Gasteiger partial charge in [-0.2, -0.15) is 0 Å².